The molecule has 0 spiro atoms. The van der Waals surface area contributed by atoms with Crippen molar-refractivity contribution >= 4 is 51.9 Å². The van der Waals surface area contributed by atoms with Crippen molar-refractivity contribution in [2.45, 2.75) is 20.3 Å². The van der Waals surface area contributed by atoms with Gasteiger partial charge in [0, 0.05) is 18.0 Å². The number of thiocarbonyl (C=S) groups is 1. The van der Waals surface area contributed by atoms with E-state index in [4.69, 9.17) is 38.0 Å². The van der Waals surface area contributed by atoms with E-state index in [0.717, 1.165) is 17.7 Å². The molecule has 5 nitrogen and oxygen atoms in total. The summed E-state index contributed by atoms with van der Waals surface area (Å²) in [6.45, 7) is 5.93. The fourth-order valence-corrected chi connectivity index (χ4v) is 4.40. The number of benzene rings is 2. The summed E-state index contributed by atoms with van der Waals surface area (Å²) in [5.41, 5.74) is 0.860. The van der Waals surface area contributed by atoms with E-state index >= 15 is 0 Å². The molecule has 0 atom stereocenters. The predicted octanol–water partition coefficient (Wildman–Crippen LogP) is 5.81. The van der Waals surface area contributed by atoms with E-state index in [9.17, 15) is 4.79 Å². The van der Waals surface area contributed by atoms with Gasteiger partial charge >= 0.3 is 0 Å². The Balaban J connectivity index is 1.58. The molecule has 0 radical (unpaired) electrons. The third-order valence-corrected chi connectivity index (χ3v) is 6.01. The number of thioether (sulfide) groups is 1. The smallest absolute Gasteiger partial charge is 0.266 e. The van der Waals surface area contributed by atoms with Crippen LogP contribution in [0, 0.1) is 0 Å². The second kappa shape index (κ2) is 11.4. The molecular weight excluding hydrogens is 454 g/mol. The van der Waals surface area contributed by atoms with Gasteiger partial charge in [0.1, 0.15) is 10.1 Å². The molecule has 31 heavy (non-hydrogen) atoms. The molecule has 1 amide bonds. The standard InChI is InChI=1S/C23H24ClNO4S2/c1-3-25-22(26)21(31-23(25)30)15-16-6-11-19(20(14-16)27-4-2)29-13-5-12-28-18-9-7-17(24)8-10-18/h6-11,14-15H,3-5,12-13H2,1-2H3/b21-15-. The molecule has 1 aliphatic rings. The van der Waals surface area contributed by atoms with Gasteiger partial charge in [-0.25, -0.2) is 0 Å². The zero-order chi connectivity index (χ0) is 22.2. The van der Waals surface area contributed by atoms with Crippen LogP contribution in [0.3, 0.4) is 0 Å². The molecule has 0 N–H and O–H groups in total. The third-order valence-electron chi connectivity index (χ3n) is 4.38. The first kappa shape index (κ1) is 23.4. The highest BCUT2D eigenvalue weighted by molar-refractivity contribution is 8.26. The molecule has 0 bridgehead atoms. The lowest BCUT2D eigenvalue weighted by molar-refractivity contribution is -0.121. The van der Waals surface area contributed by atoms with Gasteiger partial charge in [0.2, 0.25) is 0 Å². The summed E-state index contributed by atoms with van der Waals surface area (Å²) in [7, 11) is 0. The number of hydrogen-bond donors (Lipinski definition) is 0. The van der Waals surface area contributed by atoms with Gasteiger partial charge in [-0.1, -0.05) is 41.6 Å². The Labute approximate surface area is 197 Å². The Kier molecular flexibility index (Phi) is 8.63. The average Bonchev–Trinajstić information content (AvgIpc) is 3.03. The zero-order valence-corrected chi connectivity index (χ0v) is 19.8. The summed E-state index contributed by atoms with van der Waals surface area (Å²) in [6, 6.07) is 12.9. The monoisotopic (exact) mass is 477 g/mol. The summed E-state index contributed by atoms with van der Waals surface area (Å²) < 4.78 is 17.9. The number of hydrogen-bond acceptors (Lipinski definition) is 6. The first-order chi connectivity index (χ1) is 15.0. The molecule has 0 aliphatic carbocycles. The van der Waals surface area contributed by atoms with Crippen molar-refractivity contribution in [2.24, 2.45) is 0 Å². The molecule has 1 aliphatic heterocycles. The number of nitrogens with zero attached hydrogens (tertiary/aromatic N) is 1. The second-order valence-corrected chi connectivity index (χ2v) is 8.68. The van der Waals surface area contributed by atoms with Crippen LogP contribution in [0.5, 0.6) is 17.2 Å². The van der Waals surface area contributed by atoms with Gasteiger partial charge in [-0.3, -0.25) is 9.69 Å². The maximum atomic E-state index is 12.4. The van der Waals surface area contributed by atoms with E-state index in [1.165, 1.54) is 11.8 Å². The quantitative estimate of drug-likeness (QED) is 0.244. The molecule has 1 heterocycles. The minimum atomic E-state index is -0.0588. The molecule has 3 rings (SSSR count). The van der Waals surface area contributed by atoms with Gasteiger partial charge < -0.3 is 14.2 Å². The fourth-order valence-electron chi connectivity index (χ4n) is 2.89. The largest absolute Gasteiger partial charge is 0.493 e. The second-order valence-electron chi connectivity index (χ2n) is 6.57. The van der Waals surface area contributed by atoms with Gasteiger partial charge in [-0.15, -0.1) is 0 Å². The van der Waals surface area contributed by atoms with Crippen LogP contribution in [0.1, 0.15) is 25.8 Å². The Morgan fingerprint density at radius 3 is 2.45 bits per heavy atom. The van der Waals surface area contributed by atoms with Crippen LogP contribution in [-0.4, -0.2) is 41.5 Å². The number of carbonyl (C=O) groups excluding carboxylic acids is 1. The summed E-state index contributed by atoms with van der Waals surface area (Å²) in [5.74, 6) is 2.01. The molecule has 164 valence electrons. The van der Waals surface area contributed by atoms with Crippen LogP contribution in [0.2, 0.25) is 5.02 Å². The Morgan fingerprint density at radius 1 is 1.03 bits per heavy atom. The highest BCUT2D eigenvalue weighted by Crippen LogP contribution is 2.34. The lowest BCUT2D eigenvalue weighted by Gasteiger charge is -2.13. The van der Waals surface area contributed by atoms with Crippen LogP contribution < -0.4 is 14.2 Å². The molecule has 2 aromatic carbocycles. The van der Waals surface area contributed by atoms with Crippen molar-refractivity contribution in [2.75, 3.05) is 26.4 Å². The van der Waals surface area contributed by atoms with Crippen molar-refractivity contribution in [1.29, 1.82) is 0 Å². The van der Waals surface area contributed by atoms with E-state index < -0.39 is 0 Å². The van der Waals surface area contributed by atoms with Crippen LogP contribution in [0.25, 0.3) is 6.08 Å². The van der Waals surface area contributed by atoms with Gasteiger partial charge in [0.25, 0.3) is 5.91 Å². The highest BCUT2D eigenvalue weighted by Gasteiger charge is 2.30. The van der Waals surface area contributed by atoms with E-state index in [1.807, 2.05) is 50.3 Å². The predicted molar refractivity (Wildman–Crippen MR) is 130 cm³/mol. The van der Waals surface area contributed by atoms with Gasteiger partial charge in [0.15, 0.2) is 11.5 Å². The Hall–Kier alpha value is -2.22. The minimum absolute atomic E-state index is 0.0588. The van der Waals surface area contributed by atoms with Crippen LogP contribution in [0.15, 0.2) is 47.4 Å². The maximum Gasteiger partial charge on any atom is 0.266 e. The van der Waals surface area contributed by atoms with Crippen molar-refractivity contribution in [3.8, 4) is 17.2 Å². The summed E-state index contributed by atoms with van der Waals surface area (Å²) >= 11 is 12.5. The number of carbonyl (C=O) groups is 1. The van der Waals surface area contributed by atoms with Gasteiger partial charge in [-0.2, -0.15) is 0 Å². The normalized spacial score (nSPS) is 14.9. The highest BCUT2D eigenvalue weighted by atomic mass is 35.5. The number of amides is 1. The van der Waals surface area contributed by atoms with Crippen molar-refractivity contribution in [1.82, 2.24) is 4.90 Å². The molecule has 8 heteroatoms. The summed E-state index contributed by atoms with van der Waals surface area (Å²) in [5, 5.41) is 0.680. The number of ether oxygens (including phenoxy) is 3. The average molecular weight is 478 g/mol. The van der Waals surface area contributed by atoms with Gasteiger partial charge in [0.05, 0.1) is 24.7 Å². The molecule has 2 aromatic rings. The minimum Gasteiger partial charge on any atom is -0.493 e. The van der Waals surface area contributed by atoms with E-state index in [2.05, 4.69) is 0 Å². The fraction of sp³-hybridized carbons (Fsp3) is 0.304. The SMILES string of the molecule is CCOc1cc(/C=C2\SC(=S)N(CC)C2=O)ccc1OCCCOc1ccc(Cl)cc1. The zero-order valence-electron chi connectivity index (χ0n) is 17.4. The van der Waals surface area contributed by atoms with Crippen LogP contribution >= 0.6 is 35.6 Å². The third kappa shape index (κ3) is 6.38. The first-order valence-corrected chi connectivity index (χ1v) is 11.7. The van der Waals surface area contributed by atoms with Gasteiger partial charge in [-0.05, 0) is 61.9 Å². The first-order valence-electron chi connectivity index (χ1n) is 10.0. The number of likely N-dealkylation sites (N-methyl/N-ethyl adjacent to an activating group) is 1. The van der Waals surface area contributed by atoms with E-state index in [1.54, 1.807) is 17.0 Å². The summed E-state index contributed by atoms with van der Waals surface area (Å²) in [4.78, 5) is 14.6. The van der Waals surface area contributed by atoms with Crippen LogP contribution in [0.4, 0.5) is 0 Å². The van der Waals surface area contributed by atoms with Crippen molar-refractivity contribution < 1.29 is 19.0 Å². The molecule has 0 aromatic heterocycles. The lowest BCUT2D eigenvalue weighted by atomic mass is 10.2. The molecule has 0 saturated carbocycles. The van der Waals surface area contributed by atoms with Crippen LogP contribution in [-0.2, 0) is 4.79 Å². The maximum absolute atomic E-state index is 12.4. The molecule has 1 fully saturated rings. The molecule has 0 unspecified atom stereocenters. The molecular formula is C23H24ClNO4S2. The lowest BCUT2D eigenvalue weighted by Crippen LogP contribution is -2.27. The number of halogens is 1. The summed E-state index contributed by atoms with van der Waals surface area (Å²) in [6.07, 6.45) is 2.55. The Bertz CT molecular complexity index is 963. The Morgan fingerprint density at radius 2 is 1.77 bits per heavy atom. The van der Waals surface area contributed by atoms with Crippen molar-refractivity contribution in [3.05, 3.63) is 58.0 Å². The van der Waals surface area contributed by atoms with E-state index in [-0.39, 0.29) is 5.91 Å². The van der Waals surface area contributed by atoms with E-state index in [0.29, 0.717) is 52.1 Å². The number of rotatable bonds is 10. The topological polar surface area (TPSA) is 48.0 Å². The van der Waals surface area contributed by atoms with Crippen molar-refractivity contribution in [3.63, 3.8) is 0 Å². The molecule has 1 saturated heterocycles.